The van der Waals surface area contributed by atoms with Gasteiger partial charge in [0.2, 0.25) is 0 Å². The van der Waals surface area contributed by atoms with Crippen LogP contribution < -0.4 is 14.4 Å². The normalized spacial score (nSPS) is 17.6. The molecule has 2 saturated heterocycles. The summed E-state index contributed by atoms with van der Waals surface area (Å²) in [7, 11) is 1.74. The maximum absolute atomic E-state index is 13.1. The zero-order valence-corrected chi connectivity index (χ0v) is 25.4. The Bertz CT molecular complexity index is 1420. The van der Waals surface area contributed by atoms with Crippen molar-refractivity contribution < 1.29 is 19.0 Å². The van der Waals surface area contributed by atoms with Crippen molar-refractivity contribution in [3.63, 3.8) is 0 Å². The van der Waals surface area contributed by atoms with Gasteiger partial charge in [0.15, 0.2) is 16.7 Å². The van der Waals surface area contributed by atoms with Gasteiger partial charge >= 0.3 is 0 Å². The second kappa shape index (κ2) is 13.1. The van der Waals surface area contributed by atoms with Crippen LogP contribution in [0.15, 0.2) is 75.0 Å². The number of morpholine rings is 1. The predicted octanol–water partition coefficient (Wildman–Crippen LogP) is 7.15. The summed E-state index contributed by atoms with van der Waals surface area (Å²) in [5, 5.41) is 1.30. The molecule has 1 amide bonds. The summed E-state index contributed by atoms with van der Waals surface area (Å²) in [6.45, 7) is 6.01. The van der Waals surface area contributed by atoms with E-state index >= 15 is 0 Å². The van der Waals surface area contributed by atoms with E-state index in [0.29, 0.717) is 39.8 Å². The average Bonchev–Trinajstić information content (AvgIpc) is 3.23. The second-order valence-corrected chi connectivity index (χ2v) is 11.5. The lowest BCUT2D eigenvalue weighted by atomic mass is 10.1. The van der Waals surface area contributed by atoms with Crippen LogP contribution in [0.5, 0.6) is 11.5 Å². The highest BCUT2D eigenvalue weighted by Gasteiger charge is 2.30. The molecule has 40 heavy (non-hydrogen) atoms. The summed E-state index contributed by atoms with van der Waals surface area (Å²) in [6, 6.07) is 19.3. The van der Waals surface area contributed by atoms with E-state index in [9.17, 15) is 4.79 Å². The number of hydrogen-bond acceptors (Lipinski definition) is 7. The molecular weight excluding hydrogens is 614 g/mol. The first-order valence-electron chi connectivity index (χ1n) is 12.9. The van der Waals surface area contributed by atoms with Gasteiger partial charge in [0, 0.05) is 35.3 Å². The minimum absolute atomic E-state index is 0.110. The van der Waals surface area contributed by atoms with Crippen LogP contribution in [0, 0.1) is 0 Å². The Morgan fingerprint density at radius 3 is 2.45 bits per heavy atom. The highest BCUT2D eigenvalue weighted by Crippen LogP contribution is 2.39. The molecule has 0 aliphatic carbocycles. The maximum Gasteiger partial charge on any atom is 0.266 e. The number of nitrogens with zero attached hydrogens (tertiary/aromatic N) is 3. The molecule has 3 aromatic rings. The van der Waals surface area contributed by atoms with Gasteiger partial charge in [-0.15, -0.1) is 0 Å². The van der Waals surface area contributed by atoms with Crippen LogP contribution in [0.1, 0.15) is 18.1 Å². The SMILES string of the molecule is CCOc1cc(/C=C2\SC(=Nc3ccc(N4CCOCC4)cc3)N(C)C2=O)c(Br)cc1OCc1ccc(Cl)cc1. The smallest absolute Gasteiger partial charge is 0.266 e. The number of carbonyl (C=O) groups is 1. The number of halogens is 2. The number of amides is 1. The molecule has 0 unspecified atom stereocenters. The lowest BCUT2D eigenvalue weighted by Gasteiger charge is -2.28. The molecule has 2 heterocycles. The molecule has 208 valence electrons. The number of aliphatic imine (C=N–C) groups is 1. The van der Waals surface area contributed by atoms with Crippen molar-refractivity contribution >= 4 is 67.8 Å². The second-order valence-electron chi connectivity index (χ2n) is 9.15. The van der Waals surface area contributed by atoms with Crippen LogP contribution in [0.4, 0.5) is 11.4 Å². The first-order valence-corrected chi connectivity index (χ1v) is 14.9. The fourth-order valence-electron chi connectivity index (χ4n) is 4.25. The highest BCUT2D eigenvalue weighted by atomic mass is 79.9. The fourth-order valence-corrected chi connectivity index (χ4v) is 5.79. The fraction of sp³-hybridized carbons (Fsp3) is 0.267. The molecular formula is C30H29BrClN3O4S. The summed E-state index contributed by atoms with van der Waals surface area (Å²) in [5.74, 6) is 1.10. The summed E-state index contributed by atoms with van der Waals surface area (Å²) >= 11 is 11.0. The largest absolute Gasteiger partial charge is 0.490 e. The van der Waals surface area contributed by atoms with Crippen LogP contribution in [0.25, 0.3) is 6.08 Å². The van der Waals surface area contributed by atoms with Crippen LogP contribution in [-0.2, 0) is 16.1 Å². The van der Waals surface area contributed by atoms with E-state index in [1.54, 1.807) is 11.9 Å². The van der Waals surface area contributed by atoms with Gasteiger partial charge in [0.05, 0.1) is 30.4 Å². The van der Waals surface area contributed by atoms with E-state index in [4.69, 9.17) is 30.8 Å². The van der Waals surface area contributed by atoms with Crippen LogP contribution in [-0.4, -0.2) is 55.9 Å². The number of anilines is 1. The van der Waals surface area contributed by atoms with Gasteiger partial charge in [-0.2, -0.15) is 0 Å². The topological polar surface area (TPSA) is 63.6 Å². The summed E-state index contributed by atoms with van der Waals surface area (Å²) in [6.07, 6.45) is 1.85. The van der Waals surface area contributed by atoms with Crippen molar-refractivity contribution in [2.24, 2.45) is 4.99 Å². The molecule has 0 radical (unpaired) electrons. The number of ether oxygens (including phenoxy) is 3. The summed E-state index contributed by atoms with van der Waals surface area (Å²) in [4.78, 5) is 22.3. The monoisotopic (exact) mass is 641 g/mol. The molecule has 0 saturated carbocycles. The lowest BCUT2D eigenvalue weighted by Crippen LogP contribution is -2.36. The number of carbonyl (C=O) groups excluding carboxylic acids is 1. The minimum Gasteiger partial charge on any atom is -0.490 e. The molecule has 2 fully saturated rings. The summed E-state index contributed by atoms with van der Waals surface area (Å²) in [5.41, 5.74) is 3.74. The number of amidine groups is 1. The number of hydrogen-bond donors (Lipinski definition) is 0. The molecule has 0 spiro atoms. The number of rotatable bonds is 8. The van der Waals surface area contributed by atoms with E-state index in [-0.39, 0.29) is 5.91 Å². The van der Waals surface area contributed by atoms with E-state index < -0.39 is 0 Å². The van der Waals surface area contributed by atoms with E-state index in [1.165, 1.54) is 11.8 Å². The van der Waals surface area contributed by atoms with Gasteiger partial charge in [-0.3, -0.25) is 9.69 Å². The predicted molar refractivity (Wildman–Crippen MR) is 166 cm³/mol. The van der Waals surface area contributed by atoms with Crippen molar-refractivity contribution in [3.05, 3.63) is 86.2 Å². The molecule has 0 atom stereocenters. The molecule has 0 bridgehead atoms. The van der Waals surface area contributed by atoms with Gasteiger partial charge in [0.1, 0.15) is 6.61 Å². The molecule has 5 rings (SSSR count). The molecule has 0 aromatic heterocycles. The molecule has 0 N–H and O–H groups in total. The lowest BCUT2D eigenvalue weighted by molar-refractivity contribution is -0.121. The molecule has 3 aromatic carbocycles. The minimum atomic E-state index is -0.110. The molecule has 2 aliphatic rings. The number of benzene rings is 3. The van der Waals surface area contributed by atoms with Crippen molar-refractivity contribution in [1.82, 2.24) is 4.90 Å². The standard InChI is InChI=1S/C30H29BrClN3O4S/c1-3-38-26-16-21(25(31)18-27(26)39-19-20-4-6-22(32)7-5-20)17-28-29(36)34(2)30(40-28)33-23-8-10-24(11-9-23)35-12-14-37-15-13-35/h4-11,16-18H,3,12-15,19H2,1-2H3/b28-17-,33-30?. The Morgan fingerprint density at radius 2 is 1.75 bits per heavy atom. The van der Waals surface area contributed by atoms with Gasteiger partial charge < -0.3 is 19.1 Å². The van der Waals surface area contributed by atoms with Gasteiger partial charge in [-0.05, 0) is 84.4 Å². The number of thioether (sulfide) groups is 1. The Labute approximate surface area is 251 Å². The van der Waals surface area contributed by atoms with Crippen molar-refractivity contribution in [2.45, 2.75) is 13.5 Å². The quantitative estimate of drug-likeness (QED) is 0.243. The van der Waals surface area contributed by atoms with Gasteiger partial charge in [0.25, 0.3) is 5.91 Å². The van der Waals surface area contributed by atoms with Crippen LogP contribution in [0.2, 0.25) is 5.02 Å². The van der Waals surface area contributed by atoms with E-state index in [2.05, 4.69) is 33.0 Å². The third-order valence-corrected chi connectivity index (χ3v) is 8.41. The van der Waals surface area contributed by atoms with Gasteiger partial charge in [-0.1, -0.05) is 39.7 Å². The molecule has 2 aliphatic heterocycles. The Hall–Kier alpha value is -2.98. The van der Waals surface area contributed by atoms with E-state index in [1.807, 2.05) is 61.5 Å². The van der Waals surface area contributed by atoms with Crippen molar-refractivity contribution in [2.75, 3.05) is 44.9 Å². The molecule has 7 nitrogen and oxygen atoms in total. The maximum atomic E-state index is 13.1. The first kappa shape index (κ1) is 28.5. The van der Waals surface area contributed by atoms with Gasteiger partial charge in [-0.25, -0.2) is 4.99 Å². The Balaban J connectivity index is 1.33. The van der Waals surface area contributed by atoms with Crippen molar-refractivity contribution in [1.29, 1.82) is 0 Å². The van der Waals surface area contributed by atoms with Crippen molar-refractivity contribution in [3.8, 4) is 11.5 Å². The Kier molecular flexibility index (Phi) is 9.36. The summed E-state index contributed by atoms with van der Waals surface area (Å²) < 4.78 is 18.2. The third-order valence-electron chi connectivity index (χ3n) is 6.41. The van der Waals surface area contributed by atoms with Crippen LogP contribution >= 0.6 is 39.3 Å². The zero-order chi connectivity index (χ0) is 28.1. The molecule has 10 heteroatoms. The third kappa shape index (κ3) is 6.83. The Morgan fingerprint density at radius 1 is 1.05 bits per heavy atom. The highest BCUT2D eigenvalue weighted by molar-refractivity contribution is 9.10. The number of likely N-dealkylation sites (N-methyl/N-ethyl adjacent to an activating group) is 1. The average molecular weight is 643 g/mol. The zero-order valence-electron chi connectivity index (χ0n) is 22.2. The van der Waals surface area contributed by atoms with Crippen LogP contribution in [0.3, 0.4) is 0 Å². The first-order chi connectivity index (χ1) is 19.4. The van der Waals surface area contributed by atoms with E-state index in [0.717, 1.165) is 53.3 Å².